The van der Waals surface area contributed by atoms with Crippen molar-refractivity contribution < 1.29 is 19.1 Å². The molecule has 0 aliphatic carbocycles. The third-order valence-electron chi connectivity index (χ3n) is 5.37. The Morgan fingerprint density at radius 1 is 1.03 bits per heavy atom. The minimum absolute atomic E-state index is 0. The average Bonchev–Trinajstić information content (AvgIpc) is 2.72. The van der Waals surface area contributed by atoms with Gasteiger partial charge in [-0.25, -0.2) is 4.79 Å². The molecule has 2 fully saturated rings. The molecule has 2 heterocycles. The number of nitrogens with zero attached hydrogens (tertiary/aromatic N) is 4. The van der Waals surface area contributed by atoms with Crippen LogP contribution in [-0.2, 0) is 14.3 Å². The Morgan fingerprint density at radius 3 is 2.16 bits per heavy atom. The Balaban J connectivity index is 0.00000480. The first-order chi connectivity index (χ1) is 14.2. The number of amides is 1. The zero-order valence-corrected chi connectivity index (χ0v) is 22.0. The number of nitrogens with one attached hydrogen (secondary N) is 1. The van der Waals surface area contributed by atoms with Crippen LogP contribution in [0.25, 0.3) is 0 Å². The quantitative estimate of drug-likeness (QED) is 0.241. The predicted molar refractivity (Wildman–Crippen MR) is 132 cm³/mol. The van der Waals surface area contributed by atoms with Crippen molar-refractivity contribution in [3.8, 4) is 0 Å². The first-order valence-electron chi connectivity index (χ1n) is 11.0. The lowest BCUT2D eigenvalue weighted by atomic mass is 9.97. The molecule has 9 nitrogen and oxygen atoms in total. The highest BCUT2D eigenvalue weighted by Crippen LogP contribution is 2.18. The number of carbonyl (C=O) groups is 2. The number of methoxy groups -OCH3 is 1. The number of guanidine groups is 1. The molecule has 2 aliphatic rings. The summed E-state index contributed by atoms with van der Waals surface area (Å²) in [6.45, 7) is 14.7. The zero-order valence-electron chi connectivity index (χ0n) is 19.7. The van der Waals surface area contributed by atoms with Crippen LogP contribution >= 0.6 is 24.0 Å². The first kappa shape index (κ1) is 27.7. The zero-order chi connectivity index (χ0) is 22.1. The van der Waals surface area contributed by atoms with Crippen LogP contribution in [0.5, 0.6) is 0 Å². The minimum Gasteiger partial charge on any atom is -0.469 e. The molecule has 2 rings (SSSR count). The van der Waals surface area contributed by atoms with Gasteiger partial charge in [0.25, 0.3) is 0 Å². The summed E-state index contributed by atoms with van der Waals surface area (Å²) in [4.78, 5) is 35.0. The summed E-state index contributed by atoms with van der Waals surface area (Å²) in [5, 5.41) is 3.36. The lowest BCUT2D eigenvalue weighted by Gasteiger charge is -2.35. The molecule has 1 N–H and O–H groups in total. The van der Waals surface area contributed by atoms with Crippen LogP contribution in [0.2, 0.25) is 0 Å². The summed E-state index contributed by atoms with van der Waals surface area (Å²) in [5.74, 6) is 0.797. The van der Waals surface area contributed by atoms with Gasteiger partial charge in [0.05, 0.1) is 19.6 Å². The van der Waals surface area contributed by atoms with Gasteiger partial charge >= 0.3 is 12.1 Å². The summed E-state index contributed by atoms with van der Waals surface area (Å²) in [7, 11) is 1.45. The van der Waals surface area contributed by atoms with E-state index in [4.69, 9.17) is 14.5 Å². The maximum atomic E-state index is 12.2. The van der Waals surface area contributed by atoms with Crippen molar-refractivity contribution in [1.29, 1.82) is 0 Å². The largest absolute Gasteiger partial charge is 0.469 e. The molecule has 2 aliphatic heterocycles. The fraction of sp³-hybridized carbons (Fsp3) is 0.857. The summed E-state index contributed by atoms with van der Waals surface area (Å²) in [6.07, 6.45) is 1.36. The number of carbonyl (C=O) groups excluding carboxylic acids is 2. The van der Waals surface area contributed by atoms with Gasteiger partial charge in [0.2, 0.25) is 0 Å². The Kier molecular flexibility index (Phi) is 11.9. The number of likely N-dealkylation sites (tertiary alicyclic amines) is 1. The van der Waals surface area contributed by atoms with Crippen molar-refractivity contribution >= 4 is 42.0 Å². The molecular weight excluding hydrogens is 513 g/mol. The number of halogens is 1. The molecule has 0 unspecified atom stereocenters. The second-order valence-corrected chi connectivity index (χ2v) is 8.83. The Hall–Kier alpha value is -1.30. The van der Waals surface area contributed by atoms with Gasteiger partial charge in [-0.05, 0) is 40.5 Å². The van der Waals surface area contributed by atoms with Gasteiger partial charge in [0, 0.05) is 52.4 Å². The van der Waals surface area contributed by atoms with E-state index >= 15 is 0 Å². The predicted octanol–water partition coefficient (Wildman–Crippen LogP) is 2.01. The topological polar surface area (TPSA) is 86.7 Å². The second-order valence-electron chi connectivity index (χ2n) is 8.83. The molecule has 0 aromatic carbocycles. The molecule has 1 amide bonds. The van der Waals surface area contributed by atoms with Gasteiger partial charge in [0.15, 0.2) is 5.96 Å². The van der Waals surface area contributed by atoms with Crippen molar-refractivity contribution in [2.75, 3.05) is 66.0 Å². The number of esters is 1. The van der Waals surface area contributed by atoms with Gasteiger partial charge in [-0.15, -0.1) is 24.0 Å². The monoisotopic (exact) mass is 553 g/mol. The van der Waals surface area contributed by atoms with E-state index in [2.05, 4.69) is 22.0 Å². The lowest BCUT2D eigenvalue weighted by Crippen LogP contribution is -2.50. The van der Waals surface area contributed by atoms with Crippen molar-refractivity contribution in [3.63, 3.8) is 0 Å². The third kappa shape index (κ3) is 9.38. The highest BCUT2D eigenvalue weighted by Gasteiger charge is 2.28. The van der Waals surface area contributed by atoms with E-state index in [1.807, 2.05) is 20.8 Å². The smallest absolute Gasteiger partial charge is 0.410 e. The van der Waals surface area contributed by atoms with Crippen molar-refractivity contribution in [3.05, 3.63) is 0 Å². The summed E-state index contributed by atoms with van der Waals surface area (Å²) >= 11 is 0. The number of ether oxygens (including phenoxy) is 2. The Labute approximate surface area is 203 Å². The molecule has 10 heteroatoms. The van der Waals surface area contributed by atoms with Crippen LogP contribution in [0.15, 0.2) is 4.99 Å². The first-order valence-corrected chi connectivity index (χ1v) is 11.0. The molecule has 0 aromatic rings. The average molecular weight is 553 g/mol. The standard InChI is InChI=1S/C21H39N5O4.HI/c1-6-22-19(25-10-7-17(8-11-25)18(27)29-5)23-9-12-24-13-15-26(16-14-24)20(28)30-21(2,3)4;/h17H,6-16H2,1-5H3,(H,22,23);1H. The van der Waals surface area contributed by atoms with Crippen LogP contribution in [0.3, 0.4) is 0 Å². The van der Waals surface area contributed by atoms with E-state index in [-0.39, 0.29) is 42.0 Å². The van der Waals surface area contributed by atoms with E-state index in [0.717, 1.165) is 58.1 Å². The summed E-state index contributed by atoms with van der Waals surface area (Å²) in [6, 6.07) is 0. The van der Waals surface area contributed by atoms with Gasteiger partial charge in [0.1, 0.15) is 5.60 Å². The van der Waals surface area contributed by atoms with E-state index < -0.39 is 5.60 Å². The Bertz CT molecular complexity index is 595. The molecule has 0 radical (unpaired) electrons. The number of piperidine rings is 1. The number of hydrogen-bond donors (Lipinski definition) is 1. The Morgan fingerprint density at radius 2 is 1.65 bits per heavy atom. The molecule has 0 atom stereocenters. The van der Waals surface area contributed by atoms with Crippen molar-refractivity contribution in [2.24, 2.45) is 10.9 Å². The SMILES string of the molecule is CCNC(=NCCN1CCN(C(=O)OC(C)(C)C)CC1)N1CCC(C(=O)OC)CC1.I. The molecule has 180 valence electrons. The van der Waals surface area contributed by atoms with Gasteiger partial charge in [-0.2, -0.15) is 0 Å². The summed E-state index contributed by atoms with van der Waals surface area (Å²) < 4.78 is 10.3. The molecule has 0 bridgehead atoms. The maximum absolute atomic E-state index is 12.2. The molecule has 0 spiro atoms. The van der Waals surface area contributed by atoms with Crippen LogP contribution < -0.4 is 5.32 Å². The van der Waals surface area contributed by atoms with Crippen LogP contribution in [0.1, 0.15) is 40.5 Å². The molecule has 0 aromatic heterocycles. The lowest BCUT2D eigenvalue weighted by molar-refractivity contribution is -0.146. The van der Waals surface area contributed by atoms with Crippen molar-refractivity contribution in [1.82, 2.24) is 20.0 Å². The van der Waals surface area contributed by atoms with Crippen LogP contribution in [0, 0.1) is 5.92 Å². The minimum atomic E-state index is -0.461. The normalized spacial score (nSPS) is 18.9. The van der Waals surface area contributed by atoms with Crippen molar-refractivity contribution in [2.45, 2.75) is 46.1 Å². The molecule has 2 saturated heterocycles. The van der Waals surface area contributed by atoms with E-state index in [1.165, 1.54) is 7.11 Å². The maximum Gasteiger partial charge on any atom is 0.410 e. The summed E-state index contributed by atoms with van der Waals surface area (Å²) in [5.41, 5.74) is -0.461. The van der Waals surface area contributed by atoms with E-state index in [1.54, 1.807) is 4.90 Å². The van der Waals surface area contributed by atoms with Gasteiger partial charge in [-0.3, -0.25) is 14.7 Å². The van der Waals surface area contributed by atoms with E-state index in [0.29, 0.717) is 19.6 Å². The van der Waals surface area contributed by atoms with E-state index in [9.17, 15) is 9.59 Å². The number of hydrogen-bond acceptors (Lipinski definition) is 6. The number of aliphatic imine (C=N–C) groups is 1. The molecule has 31 heavy (non-hydrogen) atoms. The molecular formula is C21H40IN5O4. The number of piperazine rings is 1. The fourth-order valence-electron chi connectivity index (χ4n) is 3.70. The van der Waals surface area contributed by atoms with Crippen LogP contribution in [0.4, 0.5) is 4.79 Å². The van der Waals surface area contributed by atoms with Crippen LogP contribution in [-0.4, -0.2) is 104 Å². The fourth-order valence-corrected chi connectivity index (χ4v) is 3.70. The number of rotatable bonds is 5. The third-order valence-corrected chi connectivity index (χ3v) is 5.37. The molecule has 0 saturated carbocycles. The van der Waals surface area contributed by atoms with Gasteiger partial charge in [-0.1, -0.05) is 0 Å². The highest BCUT2D eigenvalue weighted by molar-refractivity contribution is 14.0. The highest BCUT2D eigenvalue weighted by atomic mass is 127. The second kappa shape index (κ2) is 13.3. The van der Waals surface area contributed by atoms with Gasteiger partial charge < -0.3 is 24.6 Å².